The van der Waals surface area contributed by atoms with Gasteiger partial charge < -0.3 is 10.6 Å². The molecule has 0 amide bonds. The molecule has 1 saturated heterocycles. The molecule has 8 heteroatoms. The maximum absolute atomic E-state index is 12.3. The van der Waals surface area contributed by atoms with Crippen LogP contribution < -0.4 is 10.6 Å². The van der Waals surface area contributed by atoms with E-state index in [0.29, 0.717) is 37.0 Å². The minimum atomic E-state index is -3.42. The SMILES string of the molecule is CCOP(=O)(OCC)OCCC1CCN(c2ccc(N)cc2C#N)CC1. The van der Waals surface area contributed by atoms with Crippen molar-refractivity contribution in [1.82, 2.24) is 0 Å². The van der Waals surface area contributed by atoms with Crippen LogP contribution in [0.4, 0.5) is 11.4 Å². The molecule has 0 aliphatic carbocycles. The molecular formula is C18H28N3O4P. The van der Waals surface area contributed by atoms with Crippen molar-refractivity contribution in [2.75, 3.05) is 43.5 Å². The number of piperidine rings is 1. The van der Waals surface area contributed by atoms with Gasteiger partial charge in [-0.05, 0) is 57.2 Å². The largest absolute Gasteiger partial charge is 0.474 e. The predicted molar refractivity (Wildman–Crippen MR) is 102 cm³/mol. The first-order chi connectivity index (χ1) is 12.5. The van der Waals surface area contributed by atoms with Crippen LogP contribution in [-0.4, -0.2) is 32.9 Å². The van der Waals surface area contributed by atoms with Crippen LogP contribution in [0.3, 0.4) is 0 Å². The highest BCUT2D eigenvalue weighted by Gasteiger charge is 2.27. The van der Waals surface area contributed by atoms with E-state index >= 15 is 0 Å². The number of hydrogen-bond donors (Lipinski definition) is 1. The van der Waals surface area contributed by atoms with Gasteiger partial charge in [0, 0.05) is 18.8 Å². The summed E-state index contributed by atoms with van der Waals surface area (Å²) in [6, 6.07) is 7.68. The molecule has 0 spiro atoms. The summed E-state index contributed by atoms with van der Waals surface area (Å²) < 4.78 is 28.0. The fourth-order valence-electron chi connectivity index (χ4n) is 3.14. The third-order valence-electron chi connectivity index (χ3n) is 4.45. The van der Waals surface area contributed by atoms with E-state index < -0.39 is 7.82 Å². The molecule has 0 saturated carbocycles. The summed E-state index contributed by atoms with van der Waals surface area (Å²) in [4.78, 5) is 2.22. The van der Waals surface area contributed by atoms with E-state index in [2.05, 4.69) is 11.0 Å². The lowest BCUT2D eigenvalue weighted by Gasteiger charge is -2.34. The summed E-state index contributed by atoms with van der Waals surface area (Å²) in [5.74, 6) is 0.488. The Bertz CT molecular complexity index is 659. The molecule has 1 aromatic carbocycles. The number of hydrogen-bond acceptors (Lipinski definition) is 7. The molecule has 1 aromatic rings. The first kappa shape index (κ1) is 20.7. The van der Waals surface area contributed by atoms with Gasteiger partial charge >= 0.3 is 7.82 Å². The Hall–Kier alpha value is -1.58. The molecule has 1 fully saturated rings. The molecule has 2 rings (SSSR count). The van der Waals surface area contributed by atoms with Gasteiger partial charge in [-0.1, -0.05) is 0 Å². The third-order valence-corrected chi connectivity index (χ3v) is 6.09. The first-order valence-electron chi connectivity index (χ1n) is 9.09. The number of nitrogen functional groups attached to an aromatic ring is 1. The molecule has 1 heterocycles. The fraction of sp³-hybridized carbons (Fsp3) is 0.611. The summed E-state index contributed by atoms with van der Waals surface area (Å²) in [6.45, 7) is 6.20. The monoisotopic (exact) mass is 381 g/mol. The summed E-state index contributed by atoms with van der Waals surface area (Å²) in [5, 5.41) is 9.31. The average molecular weight is 381 g/mol. The average Bonchev–Trinajstić information content (AvgIpc) is 2.62. The Morgan fingerprint density at radius 1 is 1.23 bits per heavy atom. The topological polar surface area (TPSA) is 97.8 Å². The number of phosphoric ester groups is 1. The number of nitrogens with two attached hydrogens (primary N) is 1. The van der Waals surface area contributed by atoms with Crippen molar-refractivity contribution in [1.29, 1.82) is 5.26 Å². The minimum Gasteiger partial charge on any atom is -0.399 e. The van der Waals surface area contributed by atoms with Crippen LogP contribution in [0.2, 0.25) is 0 Å². The lowest BCUT2D eigenvalue weighted by molar-refractivity contribution is 0.114. The number of anilines is 2. The van der Waals surface area contributed by atoms with Crippen LogP contribution in [-0.2, 0) is 18.1 Å². The number of phosphoric acid groups is 1. The molecule has 7 nitrogen and oxygen atoms in total. The first-order valence-corrected chi connectivity index (χ1v) is 10.6. The number of rotatable bonds is 9. The Morgan fingerprint density at radius 2 is 1.88 bits per heavy atom. The maximum Gasteiger partial charge on any atom is 0.474 e. The standard InChI is InChI=1S/C18H28N3O4P/c1-3-23-26(22,24-4-2)25-12-9-15-7-10-21(11-8-15)18-6-5-17(20)13-16(18)14-19/h5-6,13,15H,3-4,7-12,20H2,1-2H3. The zero-order chi connectivity index (χ0) is 19.0. The molecule has 0 unspecified atom stereocenters. The van der Waals surface area contributed by atoms with Crippen LogP contribution >= 0.6 is 7.82 Å². The van der Waals surface area contributed by atoms with E-state index in [-0.39, 0.29) is 0 Å². The lowest BCUT2D eigenvalue weighted by atomic mass is 9.93. The fourth-order valence-corrected chi connectivity index (χ4v) is 4.33. The van der Waals surface area contributed by atoms with Crippen LogP contribution in [0.25, 0.3) is 0 Å². The van der Waals surface area contributed by atoms with Crippen molar-refractivity contribution in [3.8, 4) is 6.07 Å². The summed E-state index contributed by atoms with van der Waals surface area (Å²) >= 11 is 0. The second-order valence-electron chi connectivity index (χ2n) is 6.22. The highest BCUT2D eigenvalue weighted by molar-refractivity contribution is 7.48. The number of benzene rings is 1. The maximum atomic E-state index is 12.3. The second-order valence-corrected chi connectivity index (χ2v) is 7.89. The van der Waals surface area contributed by atoms with Gasteiger partial charge in [-0.2, -0.15) is 5.26 Å². The van der Waals surface area contributed by atoms with E-state index in [1.807, 2.05) is 12.1 Å². The Kier molecular flexibility index (Phi) is 7.92. The minimum absolute atomic E-state index is 0.290. The predicted octanol–water partition coefficient (Wildman–Crippen LogP) is 3.94. The van der Waals surface area contributed by atoms with Crippen molar-refractivity contribution in [3.63, 3.8) is 0 Å². The Morgan fingerprint density at radius 3 is 2.46 bits per heavy atom. The highest BCUT2D eigenvalue weighted by atomic mass is 31.2. The van der Waals surface area contributed by atoms with Gasteiger partial charge in [-0.15, -0.1) is 0 Å². The molecule has 0 bridgehead atoms. The Labute approximate surface area is 155 Å². The van der Waals surface area contributed by atoms with Gasteiger partial charge in [0.1, 0.15) is 6.07 Å². The van der Waals surface area contributed by atoms with Crippen LogP contribution in [0.1, 0.15) is 38.7 Å². The third kappa shape index (κ3) is 5.72. The molecule has 0 atom stereocenters. The van der Waals surface area contributed by atoms with E-state index in [4.69, 9.17) is 19.3 Å². The van der Waals surface area contributed by atoms with Crippen molar-refractivity contribution in [2.45, 2.75) is 33.1 Å². The van der Waals surface area contributed by atoms with Crippen LogP contribution in [0, 0.1) is 17.2 Å². The molecule has 1 aliphatic heterocycles. The van der Waals surface area contributed by atoms with Crippen molar-refractivity contribution in [3.05, 3.63) is 23.8 Å². The van der Waals surface area contributed by atoms with E-state index in [0.717, 1.165) is 38.0 Å². The molecule has 0 radical (unpaired) electrons. The summed E-state index contributed by atoms with van der Waals surface area (Å²) in [5.41, 5.74) is 7.91. The molecule has 2 N–H and O–H groups in total. The van der Waals surface area contributed by atoms with Gasteiger partial charge in [0.25, 0.3) is 0 Å². The van der Waals surface area contributed by atoms with Crippen LogP contribution in [0.5, 0.6) is 0 Å². The number of nitrogens with zero attached hydrogens (tertiary/aromatic N) is 2. The van der Waals surface area contributed by atoms with E-state index in [9.17, 15) is 9.83 Å². The van der Waals surface area contributed by atoms with Crippen molar-refractivity contribution < 1.29 is 18.1 Å². The van der Waals surface area contributed by atoms with Crippen LogP contribution in [0.15, 0.2) is 18.2 Å². The molecule has 1 aliphatic rings. The van der Waals surface area contributed by atoms with E-state index in [1.165, 1.54) is 0 Å². The summed E-state index contributed by atoms with van der Waals surface area (Å²) in [7, 11) is -3.42. The zero-order valence-electron chi connectivity index (χ0n) is 15.5. The smallest absolute Gasteiger partial charge is 0.399 e. The molecule has 0 aromatic heterocycles. The van der Waals surface area contributed by atoms with Gasteiger partial charge in [0.15, 0.2) is 0 Å². The number of nitriles is 1. The van der Waals surface area contributed by atoms with Gasteiger partial charge in [0.05, 0.1) is 31.1 Å². The highest BCUT2D eigenvalue weighted by Crippen LogP contribution is 2.49. The quantitative estimate of drug-likeness (QED) is 0.511. The molecule has 26 heavy (non-hydrogen) atoms. The van der Waals surface area contributed by atoms with Crippen molar-refractivity contribution in [2.24, 2.45) is 5.92 Å². The van der Waals surface area contributed by atoms with Gasteiger partial charge in [0.2, 0.25) is 0 Å². The molecular weight excluding hydrogens is 353 g/mol. The summed E-state index contributed by atoms with van der Waals surface area (Å²) in [6.07, 6.45) is 2.79. The normalized spacial score (nSPS) is 15.8. The second kappa shape index (κ2) is 9.94. The lowest BCUT2D eigenvalue weighted by Crippen LogP contribution is -2.34. The Balaban J connectivity index is 1.82. The zero-order valence-corrected chi connectivity index (χ0v) is 16.4. The van der Waals surface area contributed by atoms with E-state index in [1.54, 1.807) is 19.9 Å². The molecule has 144 valence electrons. The van der Waals surface area contributed by atoms with Crippen molar-refractivity contribution >= 4 is 19.2 Å². The van der Waals surface area contributed by atoms with Gasteiger partial charge in [-0.3, -0.25) is 13.6 Å². The van der Waals surface area contributed by atoms with Gasteiger partial charge in [-0.25, -0.2) is 4.57 Å².